The lowest BCUT2D eigenvalue weighted by Gasteiger charge is -2.03. The number of carbonyl (C=O) groups excluding carboxylic acids is 1. The summed E-state index contributed by atoms with van der Waals surface area (Å²) in [5.41, 5.74) is 0. The van der Waals surface area contributed by atoms with Gasteiger partial charge in [-0.1, -0.05) is 5.21 Å². The van der Waals surface area contributed by atoms with Crippen LogP contribution in [0.1, 0.15) is 19.7 Å². The molecule has 7 heteroatoms. The minimum Gasteiger partial charge on any atom is -0.438 e. The fourth-order valence-corrected chi connectivity index (χ4v) is 0.452. The molecule has 1 aromatic heterocycles. The Labute approximate surface area is 81.8 Å². The van der Waals surface area contributed by atoms with Crippen molar-refractivity contribution in [1.82, 2.24) is 20.6 Å². The van der Waals surface area contributed by atoms with Crippen LogP contribution in [0, 0.1) is 6.92 Å². The zero-order valence-electron chi connectivity index (χ0n) is 8.64. The van der Waals surface area contributed by atoms with Crippen LogP contribution in [0.3, 0.4) is 0 Å². The summed E-state index contributed by atoms with van der Waals surface area (Å²) in [6.07, 6.45) is -0.720. The number of ether oxygens (including phenoxy) is 2. The monoisotopic (exact) mass is 202 g/mol. The molecule has 0 atom stereocenters. The molecule has 14 heavy (non-hydrogen) atoms. The van der Waals surface area contributed by atoms with E-state index in [4.69, 9.17) is 0 Å². The van der Waals surface area contributed by atoms with Gasteiger partial charge >= 0.3 is 6.16 Å². The van der Waals surface area contributed by atoms with Crippen molar-refractivity contribution in [2.45, 2.75) is 26.9 Å². The maximum atomic E-state index is 10.2. The van der Waals surface area contributed by atoms with Gasteiger partial charge in [0.2, 0.25) is 0 Å². The quantitative estimate of drug-likeness (QED) is 0.673. The van der Waals surface area contributed by atoms with Crippen LogP contribution in [0.25, 0.3) is 0 Å². The Balaban J connectivity index is 0.000000249. The van der Waals surface area contributed by atoms with E-state index >= 15 is 0 Å². The average molecular weight is 202 g/mol. The summed E-state index contributed by atoms with van der Waals surface area (Å²) < 4.78 is 8.74. The van der Waals surface area contributed by atoms with Crippen molar-refractivity contribution in [3.8, 4) is 0 Å². The smallest absolute Gasteiger partial charge is 0.438 e. The predicted molar refractivity (Wildman–Crippen MR) is 47.5 cm³/mol. The summed E-state index contributed by atoms with van der Waals surface area (Å²) in [5.74, 6) is 0.676. The van der Waals surface area contributed by atoms with E-state index in [0.29, 0.717) is 5.82 Å². The van der Waals surface area contributed by atoms with Gasteiger partial charge in [-0.2, -0.15) is 5.21 Å². The first-order chi connectivity index (χ1) is 6.56. The van der Waals surface area contributed by atoms with Crippen LogP contribution in [0.5, 0.6) is 0 Å². The SMILES string of the molecule is COC(=O)OC(C)C.Cc1nn[nH]n1. The lowest BCUT2D eigenvalue weighted by Crippen LogP contribution is -2.10. The maximum absolute atomic E-state index is 10.2. The molecule has 0 aliphatic rings. The summed E-state index contributed by atoms with van der Waals surface area (Å²) in [7, 11) is 1.28. The number of nitrogens with zero attached hydrogens (tertiary/aromatic N) is 3. The number of tetrazole rings is 1. The topological polar surface area (TPSA) is 90.0 Å². The van der Waals surface area contributed by atoms with E-state index in [0.717, 1.165) is 0 Å². The van der Waals surface area contributed by atoms with E-state index < -0.39 is 6.16 Å². The molecule has 0 aromatic carbocycles. The number of nitrogens with one attached hydrogen (secondary N) is 1. The number of rotatable bonds is 1. The van der Waals surface area contributed by atoms with Gasteiger partial charge in [-0.25, -0.2) is 4.79 Å². The highest BCUT2D eigenvalue weighted by Crippen LogP contribution is 1.89. The Morgan fingerprint density at radius 1 is 1.50 bits per heavy atom. The van der Waals surface area contributed by atoms with Gasteiger partial charge in [0.05, 0.1) is 13.2 Å². The highest BCUT2D eigenvalue weighted by atomic mass is 16.7. The lowest BCUT2D eigenvalue weighted by atomic mass is 10.5. The molecular formula is C7H14N4O3. The zero-order chi connectivity index (χ0) is 11.0. The molecule has 1 rings (SSSR count). The second kappa shape index (κ2) is 6.81. The molecule has 80 valence electrons. The van der Waals surface area contributed by atoms with Crippen LogP contribution in [-0.4, -0.2) is 40.0 Å². The second-order valence-electron chi connectivity index (χ2n) is 2.58. The standard InChI is InChI=1S/C5H10O3.C2H4N4/c1-4(2)8-5(6)7-3;1-2-3-5-6-4-2/h4H,1-3H3;1H3,(H,3,4,5,6). The molecular weight excluding hydrogens is 188 g/mol. The largest absolute Gasteiger partial charge is 0.508 e. The first-order valence-electron chi connectivity index (χ1n) is 4.01. The van der Waals surface area contributed by atoms with Crippen LogP contribution in [-0.2, 0) is 9.47 Å². The van der Waals surface area contributed by atoms with Crippen molar-refractivity contribution in [3.63, 3.8) is 0 Å². The third-order valence-electron chi connectivity index (χ3n) is 0.950. The normalized spacial score (nSPS) is 8.93. The maximum Gasteiger partial charge on any atom is 0.508 e. The van der Waals surface area contributed by atoms with E-state index in [1.807, 2.05) is 0 Å². The second-order valence-corrected chi connectivity index (χ2v) is 2.58. The van der Waals surface area contributed by atoms with Gasteiger partial charge < -0.3 is 9.47 Å². The Morgan fingerprint density at radius 2 is 2.14 bits per heavy atom. The average Bonchev–Trinajstić information content (AvgIpc) is 2.56. The molecule has 0 spiro atoms. The third kappa shape index (κ3) is 7.01. The fraction of sp³-hybridized carbons (Fsp3) is 0.714. The van der Waals surface area contributed by atoms with Gasteiger partial charge in [-0.15, -0.1) is 10.2 Å². The highest BCUT2D eigenvalue weighted by molar-refractivity contribution is 5.59. The lowest BCUT2D eigenvalue weighted by molar-refractivity contribution is 0.0496. The highest BCUT2D eigenvalue weighted by Gasteiger charge is 2.01. The van der Waals surface area contributed by atoms with Gasteiger partial charge in [0.1, 0.15) is 0 Å². The number of hydrogen-bond acceptors (Lipinski definition) is 6. The fourth-order valence-electron chi connectivity index (χ4n) is 0.452. The van der Waals surface area contributed by atoms with Crippen LogP contribution < -0.4 is 0 Å². The minimum absolute atomic E-state index is 0.0950. The molecule has 0 amide bonds. The summed E-state index contributed by atoms with van der Waals surface area (Å²) in [5, 5.41) is 12.7. The third-order valence-corrected chi connectivity index (χ3v) is 0.950. The summed E-state index contributed by atoms with van der Waals surface area (Å²) in [6.45, 7) is 5.29. The molecule has 0 saturated heterocycles. The molecule has 1 heterocycles. The Kier molecular flexibility index (Phi) is 6.01. The van der Waals surface area contributed by atoms with Crippen molar-refractivity contribution >= 4 is 6.16 Å². The van der Waals surface area contributed by atoms with Crippen molar-refractivity contribution < 1.29 is 14.3 Å². The van der Waals surface area contributed by atoms with Gasteiger partial charge in [0.25, 0.3) is 0 Å². The number of methoxy groups -OCH3 is 1. The first-order valence-corrected chi connectivity index (χ1v) is 4.01. The Morgan fingerprint density at radius 3 is 2.29 bits per heavy atom. The van der Waals surface area contributed by atoms with Crippen LogP contribution in [0.2, 0.25) is 0 Å². The number of aromatic nitrogens is 4. The van der Waals surface area contributed by atoms with E-state index in [-0.39, 0.29) is 6.10 Å². The summed E-state index contributed by atoms with van der Waals surface area (Å²) >= 11 is 0. The van der Waals surface area contributed by atoms with Crippen LogP contribution >= 0.6 is 0 Å². The molecule has 0 fully saturated rings. The summed E-state index contributed by atoms with van der Waals surface area (Å²) in [6, 6.07) is 0. The number of carbonyl (C=O) groups is 1. The van der Waals surface area contributed by atoms with E-state index in [1.165, 1.54) is 7.11 Å². The zero-order valence-corrected chi connectivity index (χ0v) is 8.64. The molecule has 0 aliphatic carbocycles. The van der Waals surface area contributed by atoms with Crippen molar-refractivity contribution in [2.75, 3.05) is 7.11 Å². The molecule has 1 N–H and O–H groups in total. The van der Waals surface area contributed by atoms with E-state index in [1.54, 1.807) is 20.8 Å². The van der Waals surface area contributed by atoms with Gasteiger partial charge in [0.15, 0.2) is 5.82 Å². The molecule has 0 radical (unpaired) electrons. The van der Waals surface area contributed by atoms with Crippen molar-refractivity contribution in [3.05, 3.63) is 5.82 Å². The molecule has 0 aliphatic heterocycles. The van der Waals surface area contributed by atoms with E-state index in [2.05, 4.69) is 30.1 Å². The molecule has 0 saturated carbocycles. The molecule has 0 unspecified atom stereocenters. The number of hydrogen-bond donors (Lipinski definition) is 1. The number of aromatic amines is 1. The minimum atomic E-state index is -0.625. The number of aryl methyl sites for hydroxylation is 1. The van der Waals surface area contributed by atoms with Gasteiger partial charge in [-0.05, 0) is 20.8 Å². The van der Waals surface area contributed by atoms with Gasteiger partial charge in [0, 0.05) is 0 Å². The van der Waals surface area contributed by atoms with Crippen molar-refractivity contribution in [1.29, 1.82) is 0 Å². The van der Waals surface area contributed by atoms with E-state index in [9.17, 15) is 4.79 Å². The first kappa shape index (κ1) is 12.3. The summed E-state index contributed by atoms with van der Waals surface area (Å²) in [4.78, 5) is 10.2. The Hall–Kier alpha value is -1.66. The molecule has 1 aromatic rings. The van der Waals surface area contributed by atoms with Crippen LogP contribution in [0.4, 0.5) is 4.79 Å². The number of H-pyrrole nitrogens is 1. The van der Waals surface area contributed by atoms with Crippen LogP contribution in [0.15, 0.2) is 0 Å². The molecule has 0 bridgehead atoms. The van der Waals surface area contributed by atoms with Crippen molar-refractivity contribution in [2.24, 2.45) is 0 Å². The molecule has 7 nitrogen and oxygen atoms in total. The van der Waals surface area contributed by atoms with Gasteiger partial charge in [-0.3, -0.25) is 0 Å². The Bertz CT molecular complexity index is 247. The predicted octanol–water partition coefficient (Wildman–Crippen LogP) is 0.686.